The van der Waals surface area contributed by atoms with Gasteiger partial charge < -0.3 is 9.84 Å². The third-order valence-corrected chi connectivity index (χ3v) is 3.61. The van der Waals surface area contributed by atoms with Gasteiger partial charge in [-0.25, -0.2) is 4.39 Å². The van der Waals surface area contributed by atoms with E-state index in [-0.39, 0.29) is 18.5 Å². The first-order valence-electron chi connectivity index (χ1n) is 7.03. The van der Waals surface area contributed by atoms with Gasteiger partial charge in [0.2, 0.25) is 0 Å². The second-order valence-corrected chi connectivity index (χ2v) is 4.89. The van der Waals surface area contributed by atoms with Gasteiger partial charge in [-0.15, -0.1) is 0 Å². The fourth-order valence-electron chi connectivity index (χ4n) is 2.78. The zero-order chi connectivity index (χ0) is 13.7. The summed E-state index contributed by atoms with van der Waals surface area (Å²) < 4.78 is 19.1. The molecule has 106 valence electrons. The molecule has 1 N–H and O–H groups in total. The third-order valence-electron chi connectivity index (χ3n) is 3.61. The molecular weight excluding hydrogens is 245 g/mol. The largest absolute Gasteiger partial charge is 0.494 e. The van der Waals surface area contributed by atoms with E-state index in [1.54, 1.807) is 12.1 Å². The maximum atomic E-state index is 13.5. The minimum absolute atomic E-state index is 0.0461. The van der Waals surface area contributed by atoms with Gasteiger partial charge in [0, 0.05) is 18.2 Å². The predicted molar refractivity (Wildman–Crippen MR) is 72.8 cm³/mol. The minimum Gasteiger partial charge on any atom is -0.494 e. The zero-order valence-corrected chi connectivity index (χ0v) is 11.4. The van der Waals surface area contributed by atoms with E-state index in [2.05, 4.69) is 4.90 Å². The number of nitrogens with zero attached hydrogens (tertiary/aromatic N) is 1. The number of likely N-dealkylation sites (tertiary alicyclic amines) is 1. The van der Waals surface area contributed by atoms with Crippen LogP contribution in [0.5, 0.6) is 5.75 Å². The lowest BCUT2D eigenvalue weighted by Crippen LogP contribution is -2.27. The number of rotatable bonds is 6. The molecule has 0 spiro atoms. The van der Waals surface area contributed by atoms with Crippen molar-refractivity contribution in [3.8, 4) is 5.75 Å². The fraction of sp³-hybridized carbons (Fsp3) is 0.600. The Hall–Kier alpha value is -1.13. The maximum Gasteiger partial charge on any atom is 0.124 e. The van der Waals surface area contributed by atoms with Crippen LogP contribution in [0.2, 0.25) is 0 Å². The van der Waals surface area contributed by atoms with Crippen molar-refractivity contribution in [1.29, 1.82) is 0 Å². The Morgan fingerprint density at radius 1 is 1.37 bits per heavy atom. The van der Waals surface area contributed by atoms with E-state index in [9.17, 15) is 9.50 Å². The van der Waals surface area contributed by atoms with E-state index >= 15 is 0 Å². The van der Waals surface area contributed by atoms with Gasteiger partial charge in [-0.3, -0.25) is 4.90 Å². The van der Waals surface area contributed by atoms with E-state index in [0.29, 0.717) is 13.0 Å². The van der Waals surface area contributed by atoms with Crippen molar-refractivity contribution in [2.24, 2.45) is 0 Å². The first-order valence-corrected chi connectivity index (χ1v) is 7.03. The van der Waals surface area contributed by atoms with Crippen LogP contribution < -0.4 is 4.74 Å². The van der Waals surface area contributed by atoms with Crippen LogP contribution in [0.1, 0.15) is 37.8 Å². The van der Waals surface area contributed by atoms with E-state index in [4.69, 9.17) is 4.74 Å². The Morgan fingerprint density at radius 2 is 2.11 bits per heavy atom. The monoisotopic (exact) mass is 267 g/mol. The van der Waals surface area contributed by atoms with Crippen molar-refractivity contribution in [2.45, 2.75) is 32.2 Å². The number of benzene rings is 1. The van der Waals surface area contributed by atoms with Crippen LogP contribution in [-0.2, 0) is 0 Å². The number of aliphatic hydroxyl groups is 1. The van der Waals surface area contributed by atoms with Crippen molar-refractivity contribution in [3.05, 3.63) is 29.6 Å². The molecule has 1 aromatic carbocycles. The number of hydrogen-bond acceptors (Lipinski definition) is 3. The Kier molecular flexibility index (Phi) is 5.16. The highest BCUT2D eigenvalue weighted by Gasteiger charge is 2.25. The highest BCUT2D eigenvalue weighted by atomic mass is 19.1. The van der Waals surface area contributed by atoms with Gasteiger partial charge in [-0.05, 0) is 57.5 Å². The second-order valence-electron chi connectivity index (χ2n) is 4.89. The summed E-state index contributed by atoms with van der Waals surface area (Å²) in [6, 6.07) is 4.71. The number of ether oxygens (including phenoxy) is 1. The Balaban J connectivity index is 2.30. The molecule has 1 aromatic rings. The minimum atomic E-state index is -0.249. The highest BCUT2D eigenvalue weighted by molar-refractivity contribution is 5.36. The van der Waals surface area contributed by atoms with Gasteiger partial charge in [0.1, 0.15) is 11.6 Å². The standard InChI is InChI=1S/C15H22FNO2/c1-2-19-15-6-5-12(16)11-13(15)14(7-10-18)17-8-3-4-9-17/h5-6,11,14,18H,2-4,7-10H2,1H3. The summed E-state index contributed by atoms with van der Waals surface area (Å²) in [6.45, 7) is 4.59. The first-order chi connectivity index (χ1) is 9.26. The quantitative estimate of drug-likeness (QED) is 0.860. The molecule has 0 saturated carbocycles. The maximum absolute atomic E-state index is 13.5. The molecule has 3 nitrogen and oxygen atoms in total. The van der Waals surface area contributed by atoms with Crippen LogP contribution in [0.3, 0.4) is 0 Å². The molecule has 0 aliphatic carbocycles. The SMILES string of the molecule is CCOc1ccc(F)cc1C(CCO)N1CCCC1. The first kappa shape index (κ1) is 14.3. The van der Waals surface area contributed by atoms with Gasteiger partial charge >= 0.3 is 0 Å². The van der Waals surface area contributed by atoms with E-state index in [0.717, 1.165) is 24.4 Å². The van der Waals surface area contributed by atoms with E-state index in [1.807, 2.05) is 6.92 Å². The number of aliphatic hydroxyl groups excluding tert-OH is 1. The molecule has 1 unspecified atom stereocenters. The summed E-state index contributed by atoms with van der Waals surface area (Å²) in [6.07, 6.45) is 2.95. The fourth-order valence-corrected chi connectivity index (χ4v) is 2.78. The molecule has 1 atom stereocenters. The molecule has 1 saturated heterocycles. The van der Waals surface area contributed by atoms with Gasteiger partial charge in [-0.2, -0.15) is 0 Å². The predicted octanol–water partition coefficient (Wildman–Crippen LogP) is 2.74. The molecule has 19 heavy (non-hydrogen) atoms. The second kappa shape index (κ2) is 6.87. The Labute approximate surface area is 114 Å². The molecule has 1 heterocycles. The number of halogens is 1. The van der Waals surface area contributed by atoms with Gasteiger partial charge in [0.25, 0.3) is 0 Å². The molecule has 2 rings (SSSR count). The van der Waals surface area contributed by atoms with Gasteiger partial charge in [0.05, 0.1) is 6.61 Å². The van der Waals surface area contributed by atoms with E-state index < -0.39 is 0 Å². The normalized spacial score (nSPS) is 17.6. The number of hydrogen-bond donors (Lipinski definition) is 1. The molecule has 1 fully saturated rings. The summed E-state index contributed by atoms with van der Waals surface area (Å²) >= 11 is 0. The molecule has 0 aromatic heterocycles. The van der Waals surface area contributed by atoms with Crippen LogP contribution in [0.25, 0.3) is 0 Å². The molecule has 1 aliphatic rings. The van der Waals surface area contributed by atoms with Crippen molar-refractivity contribution in [2.75, 3.05) is 26.3 Å². The van der Waals surface area contributed by atoms with Crippen LogP contribution in [0.4, 0.5) is 4.39 Å². The molecule has 0 amide bonds. The lowest BCUT2D eigenvalue weighted by Gasteiger charge is -2.28. The van der Waals surface area contributed by atoms with Crippen molar-refractivity contribution in [1.82, 2.24) is 4.90 Å². The summed E-state index contributed by atoms with van der Waals surface area (Å²) in [4.78, 5) is 2.31. The summed E-state index contributed by atoms with van der Waals surface area (Å²) in [5, 5.41) is 9.29. The Bertz CT molecular complexity index is 405. The molecule has 0 radical (unpaired) electrons. The van der Waals surface area contributed by atoms with Crippen molar-refractivity contribution < 1.29 is 14.2 Å². The summed E-state index contributed by atoms with van der Waals surface area (Å²) in [7, 11) is 0. The lowest BCUT2D eigenvalue weighted by molar-refractivity contribution is 0.181. The molecule has 0 bridgehead atoms. The summed E-state index contributed by atoms with van der Waals surface area (Å²) in [5.41, 5.74) is 0.859. The third kappa shape index (κ3) is 3.45. The average Bonchev–Trinajstić information content (AvgIpc) is 2.92. The average molecular weight is 267 g/mol. The highest BCUT2D eigenvalue weighted by Crippen LogP contribution is 2.34. The van der Waals surface area contributed by atoms with Gasteiger partial charge in [0.15, 0.2) is 0 Å². The van der Waals surface area contributed by atoms with Crippen molar-refractivity contribution >= 4 is 0 Å². The molecule has 4 heteroatoms. The van der Waals surface area contributed by atoms with Crippen molar-refractivity contribution in [3.63, 3.8) is 0 Å². The van der Waals surface area contributed by atoms with Crippen LogP contribution >= 0.6 is 0 Å². The Morgan fingerprint density at radius 3 is 2.74 bits per heavy atom. The van der Waals surface area contributed by atoms with Gasteiger partial charge in [-0.1, -0.05) is 0 Å². The lowest BCUT2D eigenvalue weighted by atomic mass is 10.0. The zero-order valence-electron chi connectivity index (χ0n) is 11.4. The molecular formula is C15H22FNO2. The van der Waals surface area contributed by atoms with Crippen LogP contribution in [0, 0.1) is 5.82 Å². The summed E-state index contributed by atoms with van der Waals surface area (Å²) in [5.74, 6) is 0.481. The molecule has 1 aliphatic heterocycles. The topological polar surface area (TPSA) is 32.7 Å². The smallest absolute Gasteiger partial charge is 0.124 e. The van der Waals surface area contributed by atoms with Crippen LogP contribution in [0.15, 0.2) is 18.2 Å². The van der Waals surface area contributed by atoms with Crippen LogP contribution in [-0.4, -0.2) is 36.3 Å². The van der Waals surface area contributed by atoms with E-state index in [1.165, 1.54) is 18.9 Å².